The molecule has 0 rings (SSSR count). The zero-order chi connectivity index (χ0) is 5.70. The molecule has 0 aliphatic rings. The van der Waals surface area contributed by atoms with Crippen molar-refractivity contribution in [2.75, 3.05) is 6.61 Å². The van der Waals surface area contributed by atoms with E-state index in [1.54, 1.807) is 0 Å². The third-order valence-corrected chi connectivity index (χ3v) is 0.454. The normalized spacial score (nSPS) is 10.3. The van der Waals surface area contributed by atoms with E-state index in [9.17, 15) is 0 Å². The van der Waals surface area contributed by atoms with Gasteiger partial charge in [0.15, 0.2) is 0 Å². The van der Waals surface area contributed by atoms with Crippen molar-refractivity contribution in [1.82, 2.24) is 0 Å². The molecule has 1 N–H and O–H groups in total. The number of hydrogen-bond acceptors (Lipinski definition) is 3. The van der Waals surface area contributed by atoms with Crippen LogP contribution in [0.3, 0.4) is 0 Å². The maximum absolute atomic E-state index is 7.59. The molecule has 0 aromatic carbocycles. The van der Waals surface area contributed by atoms with Crippen LogP contribution in [0.15, 0.2) is 0 Å². The summed E-state index contributed by atoms with van der Waals surface area (Å²) in [5.74, 6) is 0.396. The summed E-state index contributed by atoms with van der Waals surface area (Å²) in [5.41, 5.74) is 0. The van der Waals surface area contributed by atoms with E-state index in [1.807, 2.05) is 13.8 Å². The average molecular weight is 106 g/mol. The molecule has 0 aliphatic heterocycles. The molecule has 44 valence electrons. The second kappa shape index (κ2) is 4.05. The van der Waals surface area contributed by atoms with Crippen LogP contribution >= 0.6 is 0 Å². The Morgan fingerprint density at radius 1 is 1.57 bits per heavy atom. The lowest BCUT2D eigenvalue weighted by Crippen LogP contribution is -1.99. The highest BCUT2D eigenvalue weighted by Crippen LogP contribution is 1.90. The van der Waals surface area contributed by atoms with Gasteiger partial charge in [-0.05, 0) is 5.92 Å². The molecule has 7 heavy (non-hydrogen) atoms. The molecular weight excluding hydrogens is 96.0 g/mol. The molecular formula is C4H10O3. The van der Waals surface area contributed by atoms with Crippen LogP contribution < -0.4 is 0 Å². The maximum atomic E-state index is 7.59. The Labute approximate surface area is 42.7 Å². The third-order valence-electron chi connectivity index (χ3n) is 0.454. The van der Waals surface area contributed by atoms with E-state index < -0.39 is 0 Å². The molecule has 0 radical (unpaired) electrons. The smallest absolute Gasteiger partial charge is 0.0876 e. The van der Waals surface area contributed by atoms with E-state index in [0.29, 0.717) is 12.5 Å². The fraction of sp³-hybridized carbons (Fsp3) is 1.00. The molecule has 0 atom stereocenters. The van der Waals surface area contributed by atoms with Gasteiger partial charge in [-0.25, -0.2) is 10.1 Å². The average Bonchev–Trinajstić information content (AvgIpc) is 1.61. The Kier molecular flexibility index (Phi) is 3.98. The van der Waals surface area contributed by atoms with Gasteiger partial charge in [0.25, 0.3) is 0 Å². The Morgan fingerprint density at radius 2 is 2.14 bits per heavy atom. The zero-order valence-corrected chi connectivity index (χ0v) is 4.55. The quantitative estimate of drug-likeness (QED) is 0.432. The van der Waals surface area contributed by atoms with Crippen molar-refractivity contribution in [2.24, 2.45) is 5.92 Å². The Bertz CT molecular complexity index is 35.9. The molecule has 3 nitrogen and oxygen atoms in total. The molecule has 0 saturated heterocycles. The van der Waals surface area contributed by atoms with E-state index in [0.717, 1.165) is 0 Å². The highest BCUT2D eigenvalue weighted by Gasteiger charge is 1.90. The predicted molar refractivity (Wildman–Crippen MR) is 24.5 cm³/mol. The minimum atomic E-state index is 0.396. The van der Waals surface area contributed by atoms with Crippen molar-refractivity contribution in [3.05, 3.63) is 0 Å². The van der Waals surface area contributed by atoms with Gasteiger partial charge >= 0.3 is 0 Å². The van der Waals surface area contributed by atoms with Crippen LogP contribution in [0.1, 0.15) is 13.8 Å². The van der Waals surface area contributed by atoms with Crippen LogP contribution in [0.25, 0.3) is 0 Å². The van der Waals surface area contributed by atoms with Crippen LogP contribution in [0.2, 0.25) is 0 Å². The standard InChI is InChI=1S/C4H10O3/c1-4(2)3-6-7-5/h4-5H,3H2,1-2H3. The summed E-state index contributed by atoms with van der Waals surface area (Å²) in [6, 6.07) is 0. The summed E-state index contributed by atoms with van der Waals surface area (Å²) in [7, 11) is 0. The molecule has 0 aromatic rings. The van der Waals surface area contributed by atoms with Gasteiger partial charge in [0.2, 0.25) is 0 Å². The SMILES string of the molecule is CC(C)COOO. The van der Waals surface area contributed by atoms with Crippen molar-refractivity contribution in [3.63, 3.8) is 0 Å². The van der Waals surface area contributed by atoms with Gasteiger partial charge in [0.1, 0.15) is 0 Å². The molecule has 0 heterocycles. The molecule has 0 spiro atoms. The van der Waals surface area contributed by atoms with Gasteiger partial charge in [-0.2, -0.15) is 0 Å². The van der Waals surface area contributed by atoms with E-state index >= 15 is 0 Å². The van der Waals surface area contributed by atoms with E-state index in [-0.39, 0.29) is 0 Å². The minimum absolute atomic E-state index is 0.396. The van der Waals surface area contributed by atoms with Crippen molar-refractivity contribution in [1.29, 1.82) is 0 Å². The third kappa shape index (κ3) is 5.88. The fourth-order valence-electron chi connectivity index (χ4n) is 0.167. The van der Waals surface area contributed by atoms with Gasteiger partial charge < -0.3 is 0 Å². The van der Waals surface area contributed by atoms with Gasteiger partial charge in [0, 0.05) is 0 Å². The Balaban J connectivity index is 2.68. The first-order valence-corrected chi connectivity index (χ1v) is 2.20. The summed E-state index contributed by atoms with van der Waals surface area (Å²) < 4.78 is 0. The van der Waals surface area contributed by atoms with E-state index in [1.165, 1.54) is 0 Å². The molecule has 0 aromatic heterocycles. The van der Waals surface area contributed by atoms with Crippen LogP contribution in [0.5, 0.6) is 0 Å². The fourth-order valence-corrected chi connectivity index (χ4v) is 0.167. The highest BCUT2D eigenvalue weighted by molar-refractivity contribution is 4.34. The van der Waals surface area contributed by atoms with Gasteiger partial charge in [-0.15, -0.1) is 0 Å². The molecule has 0 aliphatic carbocycles. The largest absolute Gasteiger partial charge is 0.221 e. The summed E-state index contributed by atoms with van der Waals surface area (Å²) in [6.07, 6.45) is 0. The summed E-state index contributed by atoms with van der Waals surface area (Å²) >= 11 is 0. The lowest BCUT2D eigenvalue weighted by Gasteiger charge is -1.98. The molecule has 0 fully saturated rings. The van der Waals surface area contributed by atoms with Crippen LogP contribution in [0, 0.1) is 5.92 Å². The number of rotatable bonds is 3. The highest BCUT2D eigenvalue weighted by atomic mass is 17.5. The van der Waals surface area contributed by atoms with E-state index in [4.69, 9.17) is 5.26 Å². The topological polar surface area (TPSA) is 38.7 Å². The molecule has 0 saturated carbocycles. The summed E-state index contributed by atoms with van der Waals surface area (Å²) in [5, 5.41) is 10.9. The molecule has 0 unspecified atom stereocenters. The van der Waals surface area contributed by atoms with E-state index in [2.05, 4.69) is 9.93 Å². The monoisotopic (exact) mass is 106 g/mol. The van der Waals surface area contributed by atoms with Gasteiger partial charge in [-0.1, -0.05) is 18.9 Å². The van der Waals surface area contributed by atoms with Crippen LogP contribution in [-0.4, -0.2) is 11.9 Å². The van der Waals surface area contributed by atoms with Crippen molar-refractivity contribution in [3.8, 4) is 0 Å². The first-order valence-electron chi connectivity index (χ1n) is 2.20. The lowest BCUT2D eigenvalue weighted by atomic mass is 10.2. The van der Waals surface area contributed by atoms with Crippen molar-refractivity contribution >= 4 is 0 Å². The maximum Gasteiger partial charge on any atom is 0.0876 e. The minimum Gasteiger partial charge on any atom is -0.221 e. The van der Waals surface area contributed by atoms with Crippen molar-refractivity contribution in [2.45, 2.75) is 13.8 Å². The Hall–Kier alpha value is -0.120. The molecule has 0 bridgehead atoms. The van der Waals surface area contributed by atoms with Gasteiger partial charge in [-0.3, -0.25) is 0 Å². The lowest BCUT2D eigenvalue weighted by molar-refractivity contribution is -0.492. The number of hydrogen-bond donors (Lipinski definition) is 1. The predicted octanol–water partition coefficient (Wildman–Crippen LogP) is 1.06. The first kappa shape index (κ1) is 6.88. The first-order chi connectivity index (χ1) is 3.27. The zero-order valence-electron chi connectivity index (χ0n) is 4.55. The Morgan fingerprint density at radius 3 is 2.29 bits per heavy atom. The molecule has 3 heteroatoms. The van der Waals surface area contributed by atoms with Crippen LogP contribution in [-0.2, 0) is 9.93 Å². The van der Waals surface area contributed by atoms with Crippen LogP contribution in [0.4, 0.5) is 0 Å². The second-order valence-electron chi connectivity index (χ2n) is 1.75. The summed E-state index contributed by atoms with van der Waals surface area (Å²) in [4.78, 5) is 4.15. The van der Waals surface area contributed by atoms with Crippen molar-refractivity contribution < 1.29 is 15.2 Å². The van der Waals surface area contributed by atoms with Gasteiger partial charge in [0.05, 0.1) is 6.61 Å². The summed E-state index contributed by atoms with van der Waals surface area (Å²) in [6.45, 7) is 4.34. The molecule has 0 amide bonds. The second-order valence-corrected chi connectivity index (χ2v) is 1.75.